The summed E-state index contributed by atoms with van der Waals surface area (Å²) < 4.78 is 0.769. The minimum atomic E-state index is -0.317. The molecule has 1 aliphatic rings. The Morgan fingerprint density at radius 1 is 1.56 bits per heavy atom. The Hall–Kier alpha value is -1.17. The van der Waals surface area contributed by atoms with Gasteiger partial charge in [0.25, 0.3) is 0 Å². The van der Waals surface area contributed by atoms with Crippen molar-refractivity contribution in [1.82, 2.24) is 9.97 Å². The zero-order valence-electron chi connectivity index (χ0n) is 8.74. The van der Waals surface area contributed by atoms with E-state index >= 15 is 0 Å². The topological polar surface area (TPSA) is 80.9 Å². The normalized spacial score (nSPS) is 14.8. The maximum absolute atomic E-state index is 10.6. The molecule has 1 aromatic rings. The first-order chi connectivity index (χ1) is 7.65. The lowest BCUT2D eigenvalue weighted by molar-refractivity contribution is -0.117. The maximum Gasteiger partial charge on any atom is 0.219 e. The lowest BCUT2D eigenvalue weighted by atomic mass is 10.4. The standard InChI is InChI=1S/C10H13BrN4O/c11-7-5-9(13-4-3-8(12)16)15-10(14-7)6-1-2-6/h5-6H,1-4H2,(H2,12,16)(H,13,14,15). The minimum absolute atomic E-state index is 0.306. The average Bonchev–Trinajstić information content (AvgIpc) is 2.99. The van der Waals surface area contributed by atoms with Gasteiger partial charge in [0.2, 0.25) is 5.91 Å². The summed E-state index contributed by atoms with van der Waals surface area (Å²) in [4.78, 5) is 19.3. The van der Waals surface area contributed by atoms with Crippen molar-refractivity contribution in [3.63, 3.8) is 0 Å². The molecule has 1 aliphatic carbocycles. The number of nitrogens with zero attached hydrogens (tertiary/aromatic N) is 2. The van der Waals surface area contributed by atoms with E-state index in [0.29, 0.717) is 18.9 Å². The second-order valence-electron chi connectivity index (χ2n) is 3.85. The van der Waals surface area contributed by atoms with Gasteiger partial charge in [-0.15, -0.1) is 0 Å². The highest BCUT2D eigenvalue weighted by atomic mass is 79.9. The molecule has 5 nitrogen and oxygen atoms in total. The van der Waals surface area contributed by atoms with E-state index in [2.05, 4.69) is 31.2 Å². The highest BCUT2D eigenvalue weighted by molar-refractivity contribution is 9.10. The SMILES string of the molecule is NC(=O)CCNc1cc(Br)nc(C2CC2)n1. The quantitative estimate of drug-likeness (QED) is 0.801. The predicted octanol–water partition coefficient (Wildman–Crippen LogP) is 1.40. The number of nitrogens with two attached hydrogens (primary N) is 1. The third-order valence-electron chi connectivity index (χ3n) is 2.33. The van der Waals surface area contributed by atoms with Crippen LogP contribution in [0.4, 0.5) is 5.82 Å². The molecule has 86 valence electrons. The van der Waals surface area contributed by atoms with E-state index in [1.54, 1.807) is 6.07 Å². The lowest BCUT2D eigenvalue weighted by Gasteiger charge is -2.06. The molecule has 0 saturated heterocycles. The molecule has 0 atom stereocenters. The zero-order valence-corrected chi connectivity index (χ0v) is 10.3. The van der Waals surface area contributed by atoms with Crippen molar-refractivity contribution in [1.29, 1.82) is 0 Å². The molecule has 0 bridgehead atoms. The summed E-state index contributed by atoms with van der Waals surface area (Å²) in [6.07, 6.45) is 2.63. The number of carbonyl (C=O) groups is 1. The fourth-order valence-corrected chi connectivity index (χ4v) is 1.76. The highest BCUT2D eigenvalue weighted by Gasteiger charge is 2.27. The van der Waals surface area contributed by atoms with Gasteiger partial charge in [0, 0.05) is 24.9 Å². The van der Waals surface area contributed by atoms with Gasteiger partial charge in [0.1, 0.15) is 16.2 Å². The van der Waals surface area contributed by atoms with E-state index < -0.39 is 0 Å². The van der Waals surface area contributed by atoms with Crippen LogP contribution in [0.3, 0.4) is 0 Å². The maximum atomic E-state index is 10.6. The Labute approximate surface area is 102 Å². The molecule has 1 aromatic heterocycles. The van der Waals surface area contributed by atoms with Crippen molar-refractivity contribution < 1.29 is 4.79 Å². The van der Waals surface area contributed by atoms with Crippen LogP contribution in [0.25, 0.3) is 0 Å². The number of nitrogens with one attached hydrogen (secondary N) is 1. The number of anilines is 1. The van der Waals surface area contributed by atoms with Crippen LogP contribution in [0, 0.1) is 0 Å². The van der Waals surface area contributed by atoms with Crippen LogP contribution in [-0.4, -0.2) is 22.4 Å². The average molecular weight is 285 g/mol. The minimum Gasteiger partial charge on any atom is -0.370 e. The van der Waals surface area contributed by atoms with E-state index in [1.807, 2.05) is 0 Å². The molecule has 0 unspecified atom stereocenters. The third-order valence-corrected chi connectivity index (χ3v) is 2.74. The van der Waals surface area contributed by atoms with Crippen LogP contribution in [0.2, 0.25) is 0 Å². The van der Waals surface area contributed by atoms with Crippen LogP contribution in [0.15, 0.2) is 10.7 Å². The second-order valence-corrected chi connectivity index (χ2v) is 4.66. The van der Waals surface area contributed by atoms with Gasteiger partial charge in [-0.25, -0.2) is 9.97 Å². The number of aromatic nitrogens is 2. The molecule has 2 rings (SSSR count). The van der Waals surface area contributed by atoms with Gasteiger partial charge in [0.15, 0.2) is 0 Å². The van der Waals surface area contributed by atoms with Crippen molar-refractivity contribution in [2.75, 3.05) is 11.9 Å². The molecule has 16 heavy (non-hydrogen) atoms. The Morgan fingerprint density at radius 2 is 2.31 bits per heavy atom. The number of rotatable bonds is 5. The van der Waals surface area contributed by atoms with E-state index in [9.17, 15) is 4.79 Å². The van der Waals surface area contributed by atoms with E-state index in [-0.39, 0.29) is 5.91 Å². The third kappa shape index (κ3) is 3.16. The van der Waals surface area contributed by atoms with Gasteiger partial charge >= 0.3 is 0 Å². The summed E-state index contributed by atoms with van der Waals surface area (Å²) in [5.74, 6) is 1.80. The van der Waals surface area contributed by atoms with Crippen LogP contribution < -0.4 is 11.1 Å². The summed E-state index contributed by atoms with van der Waals surface area (Å²) >= 11 is 3.35. The Morgan fingerprint density at radius 3 is 2.94 bits per heavy atom. The number of carbonyl (C=O) groups excluding carboxylic acids is 1. The summed E-state index contributed by atoms with van der Waals surface area (Å²) in [7, 11) is 0. The fourth-order valence-electron chi connectivity index (χ4n) is 1.36. The fraction of sp³-hybridized carbons (Fsp3) is 0.500. The molecule has 0 aromatic carbocycles. The van der Waals surface area contributed by atoms with Crippen LogP contribution in [-0.2, 0) is 4.79 Å². The molecule has 0 aliphatic heterocycles. The number of amides is 1. The van der Waals surface area contributed by atoms with E-state index in [0.717, 1.165) is 29.1 Å². The van der Waals surface area contributed by atoms with Crippen LogP contribution in [0.1, 0.15) is 31.0 Å². The van der Waals surface area contributed by atoms with Crippen molar-refractivity contribution in [2.24, 2.45) is 5.73 Å². The molecular formula is C10H13BrN4O. The Balaban J connectivity index is 1.99. The van der Waals surface area contributed by atoms with Gasteiger partial charge in [-0.05, 0) is 28.8 Å². The predicted molar refractivity (Wildman–Crippen MR) is 64.0 cm³/mol. The highest BCUT2D eigenvalue weighted by Crippen LogP contribution is 2.38. The van der Waals surface area contributed by atoms with Gasteiger partial charge in [-0.2, -0.15) is 0 Å². The molecule has 1 heterocycles. The van der Waals surface area contributed by atoms with E-state index in [4.69, 9.17) is 5.73 Å². The molecule has 1 saturated carbocycles. The van der Waals surface area contributed by atoms with Crippen molar-refractivity contribution in [3.05, 3.63) is 16.5 Å². The van der Waals surface area contributed by atoms with Gasteiger partial charge in [-0.3, -0.25) is 4.79 Å². The van der Waals surface area contributed by atoms with Crippen LogP contribution >= 0.6 is 15.9 Å². The first kappa shape index (κ1) is 11.3. The summed E-state index contributed by atoms with van der Waals surface area (Å²) in [6.45, 7) is 0.503. The monoisotopic (exact) mass is 284 g/mol. The van der Waals surface area contributed by atoms with Gasteiger partial charge < -0.3 is 11.1 Å². The Kier molecular flexibility index (Phi) is 3.38. The van der Waals surface area contributed by atoms with Crippen molar-refractivity contribution in [3.8, 4) is 0 Å². The van der Waals surface area contributed by atoms with Gasteiger partial charge in [-0.1, -0.05) is 0 Å². The first-order valence-electron chi connectivity index (χ1n) is 5.22. The molecule has 3 N–H and O–H groups in total. The van der Waals surface area contributed by atoms with Crippen LogP contribution in [0.5, 0.6) is 0 Å². The second kappa shape index (κ2) is 4.78. The number of primary amides is 1. The molecular weight excluding hydrogens is 272 g/mol. The van der Waals surface area contributed by atoms with Gasteiger partial charge in [0.05, 0.1) is 0 Å². The molecule has 0 radical (unpaired) electrons. The molecule has 1 amide bonds. The molecule has 6 heteroatoms. The largest absolute Gasteiger partial charge is 0.370 e. The number of hydrogen-bond acceptors (Lipinski definition) is 4. The smallest absolute Gasteiger partial charge is 0.219 e. The van der Waals surface area contributed by atoms with Crippen molar-refractivity contribution in [2.45, 2.75) is 25.2 Å². The molecule has 1 fully saturated rings. The first-order valence-corrected chi connectivity index (χ1v) is 6.01. The number of halogens is 1. The summed E-state index contributed by atoms with van der Waals surface area (Å²) in [6, 6.07) is 1.80. The number of hydrogen-bond donors (Lipinski definition) is 2. The summed E-state index contributed by atoms with van der Waals surface area (Å²) in [5, 5.41) is 3.06. The van der Waals surface area contributed by atoms with E-state index in [1.165, 1.54) is 0 Å². The zero-order chi connectivity index (χ0) is 11.5. The molecule has 0 spiro atoms. The Bertz CT molecular complexity index is 406. The lowest BCUT2D eigenvalue weighted by Crippen LogP contribution is -2.16. The summed E-state index contributed by atoms with van der Waals surface area (Å²) in [5.41, 5.74) is 5.05. The van der Waals surface area contributed by atoms with Crippen molar-refractivity contribution >= 4 is 27.7 Å².